The summed E-state index contributed by atoms with van der Waals surface area (Å²) in [4.78, 5) is 16.9. The molecule has 0 spiro atoms. The van der Waals surface area contributed by atoms with Crippen LogP contribution in [0.2, 0.25) is 0 Å². The Morgan fingerprint density at radius 1 is 1.37 bits per heavy atom. The second kappa shape index (κ2) is 5.52. The molecule has 2 rings (SSSR count). The summed E-state index contributed by atoms with van der Waals surface area (Å²) in [6.07, 6.45) is 1.02. The number of nitrogens with zero attached hydrogens (tertiary/aromatic N) is 3. The molecule has 0 radical (unpaired) electrons. The molecule has 0 atom stereocenters. The van der Waals surface area contributed by atoms with Crippen molar-refractivity contribution in [3.63, 3.8) is 0 Å². The van der Waals surface area contributed by atoms with Crippen molar-refractivity contribution in [1.82, 2.24) is 14.8 Å². The molecule has 102 valence electrons. The highest BCUT2D eigenvalue weighted by Gasteiger charge is 2.17. The van der Waals surface area contributed by atoms with Crippen molar-refractivity contribution in [1.29, 1.82) is 0 Å². The number of anilines is 1. The summed E-state index contributed by atoms with van der Waals surface area (Å²) >= 11 is 1.36. The van der Waals surface area contributed by atoms with Crippen molar-refractivity contribution in [2.75, 3.05) is 5.32 Å². The first kappa shape index (κ1) is 13.7. The molecule has 1 N–H and O–H groups in total. The van der Waals surface area contributed by atoms with Crippen LogP contribution in [0.4, 0.5) is 5.69 Å². The molecule has 0 saturated heterocycles. The number of amides is 1. The van der Waals surface area contributed by atoms with Crippen LogP contribution in [0.15, 0.2) is 5.51 Å². The highest BCUT2D eigenvalue weighted by atomic mass is 32.1. The van der Waals surface area contributed by atoms with E-state index in [-0.39, 0.29) is 5.91 Å². The largest absolute Gasteiger partial charge is 0.318 e. The van der Waals surface area contributed by atoms with E-state index in [1.807, 2.05) is 25.5 Å². The van der Waals surface area contributed by atoms with E-state index in [2.05, 4.69) is 22.3 Å². The number of hydrogen-bond donors (Lipinski definition) is 1. The summed E-state index contributed by atoms with van der Waals surface area (Å²) < 4.78 is 1.93. The van der Waals surface area contributed by atoms with E-state index in [1.54, 1.807) is 5.51 Å². The molecule has 5 nitrogen and oxygen atoms in total. The smallest absolute Gasteiger partial charge is 0.267 e. The maximum atomic E-state index is 12.2. The molecule has 0 bridgehead atoms. The minimum absolute atomic E-state index is 0.109. The first-order chi connectivity index (χ1) is 9.04. The molecular weight excluding hydrogens is 260 g/mol. The minimum Gasteiger partial charge on any atom is -0.318 e. The van der Waals surface area contributed by atoms with Crippen molar-refractivity contribution in [2.24, 2.45) is 0 Å². The zero-order valence-corrected chi connectivity index (χ0v) is 12.5. The molecule has 0 fully saturated rings. The van der Waals surface area contributed by atoms with Gasteiger partial charge in [0.1, 0.15) is 4.88 Å². The molecule has 0 aliphatic rings. The first-order valence-corrected chi connectivity index (χ1v) is 7.18. The van der Waals surface area contributed by atoms with Crippen molar-refractivity contribution in [3.8, 4) is 0 Å². The molecule has 2 aromatic heterocycles. The van der Waals surface area contributed by atoms with E-state index in [0.717, 1.165) is 35.7 Å². The van der Waals surface area contributed by atoms with Gasteiger partial charge in [0.25, 0.3) is 5.91 Å². The van der Waals surface area contributed by atoms with E-state index in [9.17, 15) is 4.79 Å². The molecule has 0 aliphatic carbocycles. The Kier molecular flexibility index (Phi) is 3.99. The van der Waals surface area contributed by atoms with Crippen molar-refractivity contribution >= 4 is 22.9 Å². The van der Waals surface area contributed by atoms with Crippen LogP contribution in [-0.4, -0.2) is 20.7 Å². The summed E-state index contributed by atoms with van der Waals surface area (Å²) in [6.45, 7) is 8.70. The Labute approximate surface area is 116 Å². The van der Waals surface area contributed by atoms with Gasteiger partial charge in [0.2, 0.25) is 0 Å². The maximum absolute atomic E-state index is 12.2. The van der Waals surface area contributed by atoms with Crippen LogP contribution in [0.3, 0.4) is 0 Å². The maximum Gasteiger partial charge on any atom is 0.267 e. The molecule has 2 heterocycles. The molecule has 0 aromatic carbocycles. The normalized spacial score (nSPS) is 10.7. The van der Waals surface area contributed by atoms with Gasteiger partial charge in [0, 0.05) is 6.54 Å². The Morgan fingerprint density at radius 3 is 2.68 bits per heavy atom. The molecule has 0 unspecified atom stereocenters. The minimum atomic E-state index is -0.109. The average Bonchev–Trinajstić information content (AvgIpc) is 2.89. The van der Waals surface area contributed by atoms with Gasteiger partial charge in [-0.3, -0.25) is 9.48 Å². The second-order valence-electron chi connectivity index (χ2n) is 4.49. The van der Waals surface area contributed by atoms with E-state index in [0.29, 0.717) is 4.88 Å². The summed E-state index contributed by atoms with van der Waals surface area (Å²) in [5.74, 6) is -0.109. The van der Waals surface area contributed by atoms with Crippen LogP contribution in [0, 0.1) is 20.8 Å². The molecule has 2 aromatic rings. The van der Waals surface area contributed by atoms with Gasteiger partial charge in [-0.25, -0.2) is 4.98 Å². The summed E-state index contributed by atoms with van der Waals surface area (Å²) in [6, 6.07) is 0. The van der Waals surface area contributed by atoms with Crippen LogP contribution < -0.4 is 5.32 Å². The number of aromatic nitrogens is 3. The van der Waals surface area contributed by atoms with Crippen molar-refractivity contribution in [3.05, 3.63) is 27.5 Å². The SMILES string of the molecule is CCCn1nc(C)c(NC(=O)c2scnc2C)c1C. The Bertz CT molecular complexity index is 600. The van der Waals surface area contributed by atoms with Crippen LogP contribution in [0.5, 0.6) is 0 Å². The van der Waals surface area contributed by atoms with E-state index in [4.69, 9.17) is 0 Å². The predicted octanol–water partition coefficient (Wildman–Crippen LogP) is 2.93. The van der Waals surface area contributed by atoms with Crippen LogP contribution in [0.25, 0.3) is 0 Å². The Hall–Kier alpha value is -1.69. The number of carbonyl (C=O) groups is 1. The lowest BCUT2D eigenvalue weighted by molar-refractivity contribution is 0.102. The molecule has 1 amide bonds. The predicted molar refractivity (Wildman–Crippen MR) is 76.8 cm³/mol. The molecule has 0 aliphatic heterocycles. The molecular formula is C13H18N4OS. The average molecular weight is 278 g/mol. The topological polar surface area (TPSA) is 59.8 Å². The van der Waals surface area contributed by atoms with E-state index in [1.165, 1.54) is 11.3 Å². The van der Waals surface area contributed by atoms with Crippen molar-refractivity contribution < 1.29 is 4.79 Å². The summed E-state index contributed by atoms with van der Waals surface area (Å²) in [5.41, 5.74) is 5.10. The highest BCUT2D eigenvalue weighted by Crippen LogP contribution is 2.22. The molecule has 0 saturated carbocycles. The van der Waals surface area contributed by atoms with Gasteiger partial charge in [-0.2, -0.15) is 5.10 Å². The fourth-order valence-corrected chi connectivity index (χ4v) is 2.70. The van der Waals surface area contributed by atoms with E-state index >= 15 is 0 Å². The van der Waals surface area contributed by atoms with Crippen LogP contribution in [-0.2, 0) is 6.54 Å². The second-order valence-corrected chi connectivity index (χ2v) is 5.34. The van der Waals surface area contributed by atoms with Gasteiger partial charge in [-0.05, 0) is 27.2 Å². The van der Waals surface area contributed by atoms with Gasteiger partial charge < -0.3 is 5.32 Å². The number of rotatable bonds is 4. The quantitative estimate of drug-likeness (QED) is 0.935. The van der Waals surface area contributed by atoms with Gasteiger partial charge in [0.05, 0.1) is 28.3 Å². The zero-order chi connectivity index (χ0) is 14.0. The van der Waals surface area contributed by atoms with Crippen LogP contribution >= 0.6 is 11.3 Å². The number of nitrogens with one attached hydrogen (secondary N) is 1. The Morgan fingerprint density at radius 2 is 2.11 bits per heavy atom. The fraction of sp³-hybridized carbons (Fsp3) is 0.462. The molecule has 19 heavy (non-hydrogen) atoms. The number of hydrogen-bond acceptors (Lipinski definition) is 4. The van der Waals surface area contributed by atoms with Gasteiger partial charge >= 0.3 is 0 Å². The lowest BCUT2D eigenvalue weighted by atomic mass is 10.3. The fourth-order valence-electron chi connectivity index (χ4n) is 2.00. The third-order valence-electron chi connectivity index (χ3n) is 3.01. The van der Waals surface area contributed by atoms with Gasteiger partial charge in [-0.15, -0.1) is 11.3 Å². The molecule has 6 heteroatoms. The Balaban J connectivity index is 2.24. The van der Waals surface area contributed by atoms with Crippen LogP contribution in [0.1, 0.15) is 40.1 Å². The van der Waals surface area contributed by atoms with Crippen molar-refractivity contribution in [2.45, 2.75) is 40.7 Å². The lowest BCUT2D eigenvalue weighted by Gasteiger charge is -2.05. The monoisotopic (exact) mass is 278 g/mol. The number of carbonyl (C=O) groups excluding carboxylic acids is 1. The summed E-state index contributed by atoms with van der Waals surface area (Å²) in [7, 11) is 0. The first-order valence-electron chi connectivity index (χ1n) is 6.30. The third kappa shape index (κ3) is 2.68. The third-order valence-corrected chi connectivity index (χ3v) is 3.93. The summed E-state index contributed by atoms with van der Waals surface area (Å²) in [5, 5.41) is 7.40. The standard InChI is InChI=1S/C13H18N4OS/c1-5-6-17-10(4)11(8(2)16-17)15-13(18)12-9(3)14-7-19-12/h7H,5-6H2,1-4H3,(H,15,18). The zero-order valence-electron chi connectivity index (χ0n) is 11.6. The highest BCUT2D eigenvalue weighted by molar-refractivity contribution is 7.12. The van der Waals surface area contributed by atoms with Gasteiger partial charge in [-0.1, -0.05) is 6.92 Å². The lowest BCUT2D eigenvalue weighted by Crippen LogP contribution is -2.13. The number of thiazole rings is 1. The number of aryl methyl sites for hydroxylation is 3. The van der Waals surface area contributed by atoms with E-state index < -0.39 is 0 Å². The van der Waals surface area contributed by atoms with Gasteiger partial charge in [0.15, 0.2) is 0 Å².